The van der Waals surface area contributed by atoms with Gasteiger partial charge in [-0.1, -0.05) is 11.6 Å². The highest BCUT2D eigenvalue weighted by Crippen LogP contribution is 2.33. The van der Waals surface area contributed by atoms with E-state index in [1.807, 2.05) is 0 Å². The molecule has 1 aromatic heterocycles. The molecule has 2 aromatic rings. The number of halogens is 2. The summed E-state index contributed by atoms with van der Waals surface area (Å²) in [5.74, 6) is -0.0967. The first-order valence-corrected chi connectivity index (χ1v) is 4.58. The maximum absolute atomic E-state index is 13.2. The maximum atomic E-state index is 13.2. The van der Waals surface area contributed by atoms with E-state index >= 15 is 0 Å². The molecule has 3 nitrogen and oxygen atoms in total. The number of methoxy groups -OCH3 is 1. The highest BCUT2D eigenvalue weighted by atomic mass is 35.5. The average Bonchev–Trinajstić information content (AvgIpc) is 2.23. The number of ether oxygens (including phenoxy) is 1. The SMILES string of the molecule is COc1cc(F)cc2c(Cl)c(N)cnc12. The van der Waals surface area contributed by atoms with E-state index in [1.54, 1.807) is 0 Å². The Balaban J connectivity index is 2.89. The highest BCUT2D eigenvalue weighted by molar-refractivity contribution is 6.37. The number of benzene rings is 1. The Morgan fingerprint density at radius 1 is 1.47 bits per heavy atom. The molecule has 0 unspecified atom stereocenters. The molecule has 1 aromatic carbocycles. The van der Waals surface area contributed by atoms with E-state index < -0.39 is 5.82 Å². The quantitative estimate of drug-likeness (QED) is 0.813. The van der Waals surface area contributed by atoms with Crippen molar-refractivity contribution in [3.63, 3.8) is 0 Å². The minimum atomic E-state index is -0.436. The van der Waals surface area contributed by atoms with Crippen molar-refractivity contribution in [3.05, 3.63) is 29.2 Å². The molecular weight excluding hydrogens is 219 g/mol. The number of aromatic nitrogens is 1. The average molecular weight is 227 g/mol. The normalized spacial score (nSPS) is 10.6. The van der Waals surface area contributed by atoms with Crippen molar-refractivity contribution in [2.75, 3.05) is 12.8 Å². The van der Waals surface area contributed by atoms with Crippen LogP contribution in [-0.4, -0.2) is 12.1 Å². The van der Waals surface area contributed by atoms with E-state index in [0.29, 0.717) is 22.3 Å². The Morgan fingerprint density at radius 2 is 2.20 bits per heavy atom. The zero-order chi connectivity index (χ0) is 11.0. The van der Waals surface area contributed by atoms with Gasteiger partial charge >= 0.3 is 0 Å². The van der Waals surface area contributed by atoms with Crippen molar-refractivity contribution >= 4 is 28.2 Å². The second-order valence-corrected chi connectivity index (χ2v) is 3.41. The molecule has 0 amide bonds. The molecule has 15 heavy (non-hydrogen) atoms. The molecule has 1 heterocycles. The van der Waals surface area contributed by atoms with Crippen molar-refractivity contribution < 1.29 is 9.13 Å². The Kier molecular flexibility index (Phi) is 2.36. The van der Waals surface area contributed by atoms with Gasteiger partial charge in [0.1, 0.15) is 17.1 Å². The lowest BCUT2D eigenvalue weighted by atomic mass is 10.2. The van der Waals surface area contributed by atoms with Crippen molar-refractivity contribution in [2.24, 2.45) is 0 Å². The fraction of sp³-hybridized carbons (Fsp3) is 0.100. The summed E-state index contributed by atoms with van der Waals surface area (Å²) in [5, 5.41) is 0.742. The van der Waals surface area contributed by atoms with Gasteiger partial charge in [-0.15, -0.1) is 0 Å². The predicted octanol–water partition coefficient (Wildman–Crippen LogP) is 2.62. The number of nitrogen functional groups attached to an aromatic ring is 1. The molecule has 0 aliphatic rings. The van der Waals surface area contributed by atoms with Gasteiger partial charge in [0, 0.05) is 11.5 Å². The lowest BCUT2D eigenvalue weighted by molar-refractivity contribution is 0.415. The van der Waals surface area contributed by atoms with E-state index in [1.165, 1.54) is 25.4 Å². The fourth-order valence-corrected chi connectivity index (χ4v) is 1.57. The van der Waals surface area contributed by atoms with Crippen LogP contribution in [0.4, 0.5) is 10.1 Å². The molecule has 0 spiro atoms. The van der Waals surface area contributed by atoms with Crippen LogP contribution in [0.2, 0.25) is 5.02 Å². The van der Waals surface area contributed by atoms with Crippen molar-refractivity contribution in [1.29, 1.82) is 0 Å². The molecule has 5 heteroatoms. The Bertz CT molecular complexity index is 530. The maximum Gasteiger partial charge on any atom is 0.148 e. The van der Waals surface area contributed by atoms with Gasteiger partial charge in [0.15, 0.2) is 0 Å². The fourth-order valence-electron chi connectivity index (χ4n) is 1.38. The van der Waals surface area contributed by atoms with E-state index in [0.717, 1.165) is 0 Å². The van der Waals surface area contributed by atoms with E-state index in [2.05, 4.69) is 4.98 Å². The number of rotatable bonds is 1. The molecule has 2 N–H and O–H groups in total. The molecule has 0 aliphatic carbocycles. The molecule has 0 radical (unpaired) electrons. The van der Waals surface area contributed by atoms with Crippen LogP contribution in [0.25, 0.3) is 10.9 Å². The van der Waals surface area contributed by atoms with Gasteiger partial charge < -0.3 is 10.5 Å². The summed E-state index contributed by atoms with van der Waals surface area (Å²) in [7, 11) is 1.44. The lowest BCUT2D eigenvalue weighted by Crippen LogP contribution is -1.93. The van der Waals surface area contributed by atoms with Crippen LogP contribution in [-0.2, 0) is 0 Å². The van der Waals surface area contributed by atoms with Gasteiger partial charge in [-0.3, -0.25) is 4.98 Å². The van der Waals surface area contributed by atoms with Crippen molar-refractivity contribution in [1.82, 2.24) is 4.98 Å². The van der Waals surface area contributed by atoms with E-state index in [-0.39, 0.29) is 5.02 Å². The minimum absolute atomic E-state index is 0.290. The van der Waals surface area contributed by atoms with Crippen LogP contribution in [0, 0.1) is 5.82 Å². The largest absolute Gasteiger partial charge is 0.494 e. The van der Waals surface area contributed by atoms with E-state index in [9.17, 15) is 4.39 Å². The second kappa shape index (κ2) is 3.55. The summed E-state index contributed by atoms with van der Waals surface area (Å²) in [5.41, 5.74) is 6.38. The summed E-state index contributed by atoms with van der Waals surface area (Å²) < 4.78 is 18.2. The standard InChI is InChI=1S/C10H8ClFN2O/c1-15-8-3-5(12)2-6-9(11)7(13)4-14-10(6)8/h2-4H,13H2,1H3. The molecule has 0 saturated carbocycles. The molecule has 78 valence electrons. The van der Waals surface area contributed by atoms with Crippen LogP contribution in [0.1, 0.15) is 0 Å². The van der Waals surface area contributed by atoms with E-state index in [4.69, 9.17) is 22.1 Å². The third-order valence-corrected chi connectivity index (χ3v) is 2.50. The molecule has 0 bridgehead atoms. The van der Waals surface area contributed by atoms with Crippen molar-refractivity contribution in [2.45, 2.75) is 0 Å². The van der Waals surface area contributed by atoms with Gasteiger partial charge in [-0.05, 0) is 6.07 Å². The van der Waals surface area contributed by atoms with Crippen LogP contribution in [0.3, 0.4) is 0 Å². The van der Waals surface area contributed by atoms with Gasteiger partial charge in [0.2, 0.25) is 0 Å². The monoisotopic (exact) mass is 226 g/mol. The smallest absolute Gasteiger partial charge is 0.148 e. The first-order valence-electron chi connectivity index (χ1n) is 4.20. The Morgan fingerprint density at radius 3 is 2.87 bits per heavy atom. The molecule has 0 saturated heterocycles. The number of anilines is 1. The third-order valence-electron chi connectivity index (χ3n) is 2.08. The summed E-state index contributed by atoms with van der Waals surface area (Å²) >= 11 is 5.94. The summed E-state index contributed by atoms with van der Waals surface area (Å²) in [6, 6.07) is 2.53. The second-order valence-electron chi connectivity index (χ2n) is 3.03. The van der Waals surface area contributed by atoms with Gasteiger partial charge in [0.05, 0.1) is 24.0 Å². The van der Waals surface area contributed by atoms with Gasteiger partial charge in [-0.25, -0.2) is 4.39 Å². The topological polar surface area (TPSA) is 48.1 Å². The molecular formula is C10H8ClFN2O. The van der Waals surface area contributed by atoms with Crippen molar-refractivity contribution in [3.8, 4) is 5.75 Å². The Labute approximate surface area is 90.6 Å². The van der Waals surface area contributed by atoms with Gasteiger partial charge in [-0.2, -0.15) is 0 Å². The highest BCUT2D eigenvalue weighted by Gasteiger charge is 2.10. The molecule has 0 aliphatic heterocycles. The number of hydrogen-bond acceptors (Lipinski definition) is 3. The zero-order valence-electron chi connectivity index (χ0n) is 7.92. The summed E-state index contributed by atoms with van der Waals surface area (Å²) in [6.45, 7) is 0. The summed E-state index contributed by atoms with van der Waals surface area (Å²) in [4.78, 5) is 4.05. The lowest BCUT2D eigenvalue weighted by Gasteiger charge is -2.07. The first-order chi connectivity index (χ1) is 7.13. The van der Waals surface area contributed by atoms with Crippen LogP contribution < -0.4 is 10.5 Å². The van der Waals surface area contributed by atoms with Crippen LogP contribution in [0.15, 0.2) is 18.3 Å². The number of hydrogen-bond donors (Lipinski definition) is 1. The third kappa shape index (κ3) is 1.57. The van der Waals surface area contributed by atoms with Gasteiger partial charge in [0.25, 0.3) is 0 Å². The van der Waals surface area contributed by atoms with Crippen LogP contribution >= 0.6 is 11.6 Å². The Hall–Kier alpha value is -1.55. The van der Waals surface area contributed by atoms with Crippen LogP contribution in [0.5, 0.6) is 5.75 Å². The zero-order valence-corrected chi connectivity index (χ0v) is 8.68. The number of pyridine rings is 1. The number of fused-ring (bicyclic) bond motifs is 1. The number of nitrogens with two attached hydrogens (primary N) is 1. The molecule has 0 atom stereocenters. The molecule has 2 rings (SSSR count). The first kappa shape index (κ1) is 9.98. The predicted molar refractivity (Wildman–Crippen MR) is 57.7 cm³/mol. The number of nitrogens with zero attached hydrogens (tertiary/aromatic N) is 1. The summed E-state index contributed by atoms with van der Waals surface area (Å²) in [6.07, 6.45) is 1.42. The minimum Gasteiger partial charge on any atom is -0.494 e. The molecule has 0 fully saturated rings.